The van der Waals surface area contributed by atoms with Gasteiger partial charge >= 0.3 is 0 Å². The average molecular weight is 356 g/mol. The molecular weight excluding hydrogens is 328 g/mol. The summed E-state index contributed by atoms with van der Waals surface area (Å²) in [6.07, 6.45) is 1.51. The number of carbonyl (C=O) groups is 1. The second-order valence-electron chi connectivity index (χ2n) is 6.55. The van der Waals surface area contributed by atoms with Gasteiger partial charge < -0.3 is 10.1 Å². The van der Waals surface area contributed by atoms with Gasteiger partial charge in [-0.1, -0.05) is 6.92 Å². The smallest absolute Gasteiger partial charge is 0.242 e. The lowest BCUT2D eigenvalue weighted by molar-refractivity contribution is -0.122. The van der Waals surface area contributed by atoms with Gasteiger partial charge in [-0.3, -0.25) is 4.79 Å². The number of ether oxygens (including phenoxy) is 1. The molecule has 0 aromatic heterocycles. The second kappa shape index (κ2) is 7.98. The average Bonchev–Trinajstić information content (AvgIpc) is 2.52. The molecule has 24 heavy (non-hydrogen) atoms. The van der Waals surface area contributed by atoms with Gasteiger partial charge in [-0.05, 0) is 50.5 Å². The summed E-state index contributed by atoms with van der Waals surface area (Å²) in [5.41, 5.74) is 0.446. The van der Waals surface area contributed by atoms with Gasteiger partial charge in [0.25, 0.3) is 0 Å². The molecule has 6 nitrogen and oxygen atoms in total. The Morgan fingerprint density at radius 1 is 1.29 bits per heavy atom. The maximum atomic E-state index is 12.3. The van der Waals surface area contributed by atoms with E-state index in [4.69, 9.17) is 4.74 Å². The number of hydrogen-bond donors (Lipinski definition) is 1. The Hall–Kier alpha value is -1.60. The highest BCUT2D eigenvalue weighted by molar-refractivity contribution is 7.89. The van der Waals surface area contributed by atoms with Gasteiger partial charge in [0.15, 0.2) is 0 Å². The van der Waals surface area contributed by atoms with Crippen LogP contribution in [0.4, 0.5) is 0 Å². The fraction of sp³-hybridized carbons (Fsp3) is 0.588. The van der Waals surface area contributed by atoms with E-state index in [1.807, 2.05) is 20.8 Å². The summed E-state index contributed by atoms with van der Waals surface area (Å²) in [4.78, 5) is 12.3. The first-order chi connectivity index (χ1) is 11.0. The van der Waals surface area contributed by atoms with Crippen LogP contribution in [0, 0.1) is 0 Å². The monoisotopic (exact) mass is 356 g/mol. The zero-order valence-electron chi connectivity index (χ0n) is 15.3. The zero-order valence-corrected chi connectivity index (χ0v) is 16.2. The number of rotatable bonds is 8. The Labute approximate surface area is 145 Å². The van der Waals surface area contributed by atoms with Crippen molar-refractivity contribution < 1.29 is 17.9 Å². The molecule has 0 atom stereocenters. The van der Waals surface area contributed by atoms with Crippen molar-refractivity contribution in [2.75, 3.05) is 21.2 Å². The molecule has 0 aliphatic carbocycles. The largest absolute Gasteiger partial charge is 0.496 e. The van der Waals surface area contributed by atoms with E-state index < -0.39 is 10.0 Å². The minimum Gasteiger partial charge on any atom is -0.496 e. The van der Waals surface area contributed by atoms with Crippen molar-refractivity contribution in [3.8, 4) is 5.75 Å². The van der Waals surface area contributed by atoms with Crippen LogP contribution in [0.5, 0.6) is 5.75 Å². The van der Waals surface area contributed by atoms with Gasteiger partial charge in [0.2, 0.25) is 15.9 Å². The van der Waals surface area contributed by atoms with Gasteiger partial charge in [-0.2, -0.15) is 0 Å². The third-order valence-corrected chi connectivity index (χ3v) is 5.82. The first-order valence-corrected chi connectivity index (χ1v) is 9.38. The molecule has 0 saturated heterocycles. The second-order valence-corrected chi connectivity index (χ2v) is 8.70. The number of carbonyl (C=O) groups excluding carboxylic acids is 1. The lowest BCUT2D eigenvalue weighted by atomic mass is 10.0. The number of hydrogen-bond acceptors (Lipinski definition) is 4. The Balaban J connectivity index is 2.96. The molecule has 136 valence electrons. The molecule has 0 fully saturated rings. The van der Waals surface area contributed by atoms with Crippen molar-refractivity contribution in [1.29, 1.82) is 0 Å². The van der Waals surface area contributed by atoms with Crippen molar-refractivity contribution in [3.63, 3.8) is 0 Å². The Kier molecular flexibility index (Phi) is 6.80. The third-order valence-electron chi connectivity index (χ3n) is 4.01. The van der Waals surface area contributed by atoms with E-state index in [1.165, 1.54) is 27.3 Å². The highest BCUT2D eigenvalue weighted by atomic mass is 32.2. The molecule has 0 heterocycles. The Morgan fingerprint density at radius 3 is 2.42 bits per heavy atom. The van der Waals surface area contributed by atoms with Gasteiger partial charge in [0.1, 0.15) is 5.75 Å². The third kappa shape index (κ3) is 5.21. The molecule has 1 rings (SSSR count). The highest BCUT2D eigenvalue weighted by Crippen LogP contribution is 2.25. The number of methoxy groups -OCH3 is 1. The summed E-state index contributed by atoms with van der Waals surface area (Å²) >= 11 is 0. The fourth-order valence-electron chi connectivity index (χ4n) is 2.10. The number of nitrogens with zero attached hydrogens (tertiary/aromatic N) is 1. The lowest BCUT2D eigenvalue weighted by Gasteiger charge is -2.24. The minimum atomic E-state index is -3.52. The molecule has 1 aromatic rings. The standard InChI is InChI=1S/C17H28N2O4S/c1-7-17(2,3)18-16(20)11-8-13-12-14(9-10-15(13)23-6)24(21,22)19(4)5/h9-10,12H,7-8,11H2,1-6H3,(H,18,20). The molecule has 0 unspecified atom stereocenters. The van der Waals surface area contributed by atoms with E-state index in [0.717, 1.165) is 10.7 Å². The number of nitrogens with one attached hydrogen (secondary N) is 1. The number of benzene rings is 1. The first-order valence-electron chi connectivity index (χ1n) is 7.94. The minimum absolute atomic E-state index is 0.0650. The van der Waals surface area contributed by atoms with E-state index in [2.05, 4.69) is 5.32 Å². The van der Waals surface area contributed by atoms with Gasteiger partial charge in [-0.25, -0.2) is 12.7 Å². The lowest BCUT2D eigenvalue weighted by Crippen LogP contribution is -2.42. The maximum Gasteiger partial charge on any atom is 0.242 e. The summed E-state index contributed by atoms with van der Waals surface area (Å²) in [7, 11) is 0.980. The van der Waals surface area contributed by atoms with Crippen LogP contribution < -0.4 is 10.1 Å². The normalized spacial score (nSPS) is 12.3. The van der Waals surface area contributed by atoms with E-state index >= 15 is 0 Å². The summed E-state index contributed by atoms with van der Waals surface area (Å²) < 4.78 is 31.0. The van der Waals surface area contributed by atoms with Crippen LogP contribution in [0.15, 0.2) is 23.1 Å². The summed E-state index contributed by atoms with van der Waals surface area (Å²) in [6, 6.07) is 4.71. The molecule has 1 N–H and O–H groups in total. The van der Waals surface area contributed by atoms with E-state index in [-0.39, 0.29) is 22.8 Å². The number of aryl methyl sites for hydroxylation is 1. The van der Waals surface area contributed by atoms with Gasteiger partial charge in [0.05, 0.1) is 12.0 Å². The quantitative estimate of drug-likeness (QED) is 0.775. The molecule has 7 heteroatoms. The van der Waals surface area contributed by atoms with Crippen LogP contribution in [0.3, 0.4) is 0 Å². The number of sulfonamides is 1. The SMILES string of the molecule is CCC(C)(C)NC(=O)CCc1cc(S(=O)(=O)N(C)C)ccc1OC. The summed E-state index contributed by atoms with van der Waals surface area (Å²) in [5, 5.41) is 2.97. The molecule has 0 saturated carbocycles. The fourth-order valence-corrected chi connectivity index (χ4v) is 3.05. The molecule has 1 aromatic carbocycles. The van der Waals surface area contributed by atoms with Crippen molar-refractivity contribution in [2.24, 2.45) is 0 Å². The van der Waals surface area contributed by atoms with Crippen LogP contribution in [-0.2, 0) is 21.2 Å². The van der Waals surface area contributed by atoms with Crippen LogP contribution in [0.1, 0.15) is 39.2 Å². The van der Waals surface area contributed by atoms with Crippen LogP contribution >= 0.6 is 0 Å². The first kappa shape index (κ1) is 20.4. The molecule has 0 spiro atoms. The predicted octanol–water partition coefficient (Wildman–Crippen LogP) is 2.18. The van der Waals surface area contributed by atoms with Crippen molar-refractivity contribution >= 4 is 15.9 Å². The topological polar surface area (TPSA) is 75.7 Å². The van der Waals surface area contributed by atoms with Crippen molar-refractivity contribution in [2.45, 2.75) is 50.5 Å². The Bertz CT molecular complexity index is 682. The van der Waals surface area contributed by atoms with Gasteiger partial charge in [-0.15, -0.1) is 0 Å². The maximum absolute atomic E-state index is 12.3. The zero-order chi connectivity index (χ0) is 18.5. The molecular formula is C17H28N2O4S. The summed E-state index contributed by atoms with van der Waals surface area (Å²) in [5.74, 6) is 0.514. The van der Waals surface area contributed by atoms with Crippen LogP contribution in [0.25, 0.3) is 0 Å². The predicted molar refractivity (Wildman–Crippen MR) is 94.7 cm³/mol. The highest BCUT2D eigenvalue weighted by Gasteiger charge is 2.21. The van der Waals surface area contributed by atoms with Crippen molar-refractivity contribution in [3.05, 3.63) is 23.8 Å². The molecule has 1 amide bonds. The van der Waals surface area contributed by atoms with Crippen LogP contribution in [0.2, 0.25) is 0 Å². The van der Waals surface area contributed by atoms with E-state index in [1.54, 1.807) is 12.1 Å². The Morgan fingerprint density at radius 2 is 1.92 bits per heavy atom. The van der Waals surface area contributed by atoms with Crippen LogP contribution in [-0.4, -0.2) is 45.4 Å². The molecule has 0 aliphatic heterocycles. The van der Waals surface area contributed by atoms with Gasteiger partial charge in [0, 0.05) is 26.1 Å². The number of amides is 1. The van der Waals surface area contributed by atoms with E-state index in [0.29, 0.717) is 17.7 Å². The molecule has 0 radical (unpaired) electrons. The molecule has 0 bridgehead atoms. The van der Waals surface area contributed by atoms with Crippen molar-refractivity contribution in [1.82, 2.24) is 9.62 Å². The summed E-state index contributed by atoms with van der Waals surface area (Å²) in [6.45, 7) is 5.95. The van der Waals surface area contributed by atoms with E-state index in [9.17, 15) is 13.2 Å². The molecule has 0 aliphatic rings.